The van der Waals surface area contributed by atoms with E-state index in [-0.39, 0.29) is 5.75 Å². The summed E-state index contributed by atoms with van der Waals surface area (Å²) in [5.74, 6) is 0.428. The molecule has 1 fully saturated rings. The van der Waals surface area contributed by atoms with Crippen LogP contribution in [0.15, 0.2) is 30.3 Å². The third kappa shape index (κ3) is 2.25. The summed E-state index contributed by atoms with van der Waals surface area (Å²) < 4.78 is 0. The van der Waals surface area contributed by atoms with E-state index < -0.39 is 5.91 Å². The van der Waals surface area contributed by atoms with Gasteiger partial charge in [0, 0.05) is 16.5 Å². The van der Waals surface area contributed by atoms with Crippen molar-refractivity contribution in [3.8, 4) is 5.75 Å². The Morgan fingerprint density at radius 2 is 1.96 bits per heavy atom. The monoisotopic (exact) mass is 308 g/mol. The quantitative estimate of drug-likeness (QED) is 0.687. The molecule has 1 aliphatic rings. The smallest absolute Gasteiger partial charge is 0.249 e. The van der Waals surface area contributed by atoms with Crippen LogP contribution in [0.4, 0.5) is 0 Å². The molecule has 0 saturated heterocycles. The summed E-state index contributed by atoms with van der Waals surface area (Å²) in [7, 11) is 0. The number of primary amides is 1. The molecule has 4 nitrogen and oxygen atoms in total. The number of fused-ring (bicyclic) bond motifs is 3. The molecule has 3 aromatic rings. The molecule has 118 valence electrons. The van der Waals surface area contributed by atoms with Crippen LogP contribution in [0.1, 0.15) is 41.6 Å². The Bertz CT molecular complexity index is 905. The summed E-state index contributed by atoms with van der Waals surface area (Å²) in [5, 5.41) is 11.8. The molecule has 23 heavy (non-hydrogen) atoms. The van der Waals surface area contributed by atoms with E-state index in [9.17, 15) is 9.90 Å². The highest BCUT2D eigenvalue weighted by atomic mass is 16.3. The highest BCUT2D eigenvalue weighted by Gasteiger charge is 2.20. The lowest BCUT2D eigenvalue weighted by atomic mass is 9.95. The molecule has 4 heteroatoms. The van der Waals surface area contributed by atoms with Crippen LogP contribution < -0.4 is 5.73 Å². The van der Waals surface area contributed by atoms with E-state index in [0.717, 1.165) is 22.8 Å². The molecular formula is C19H20N2O2. The number of aromatic hydroxyl groups is 1. The van der Waals surface area contributed by atoms with Crippen molar-refractivity contribution in [3.05, 3.63) is 41.5 Å². The number of aromatic nitrogens is 1. The number of rotatable bonds is 3. The van der Waals surface area contributed by atoms with E-state index in [1.54, 1.807) is 12.1 Å². The molecule has 2 aromatic carbocycles. The lowest BCUT2D eigenvalue weighted by Crippen LogP contribution is -2.10. The van der Waals surface area contributed by atoms with Crippen LogP contribution in [0.3, 0.4) is 0 Å². The third-order valence-electron chi connectivity index (χ3n) is 5.09. The number of benzene rings is 2. The number of phenolic OH excluding ortho intramolecular Hbond substituents is 1. The van der Waals surface area contributed by atoms with Gasteiger partial charge in [-0.3, -0.25) is 4.79 Å². The summed E-state index contributed by atoms with van der Waals surface area (Å²) in [6, 6.07) is 9.17. The van der Waals surface area contributed by atoms with Crippen LogP contribution >= 0.6 is 0 Å². The minimum Gasteiger partial charge on any atom is -0.507 e. The molecule has 1 aromatic heterocycles. The Balaban J connectivity index is 1.97. The van der Waals surface area contributed by atoms with Gasteiger partial charge in [0.2, 0.25) is 5.91 Å². The summed E-state index contributed by atoms with van der Waals surface area (Å²) in [5.41, 5.74) is 8.94. The minimum atomic E-state index is -0.475. The summed E-state index contributed by atoms with van der Waals surface area (Å²) >= 11 is 0. The first-order chi connectivity index (χ1) is 11.1. The SMILES string of the molecule is NC(=O)c1cccc2[nH]c3c(CC4CCCC4)ccc(O)c3c12. The van der Waals surface area contributed by atoms with Gasteiger partial charge in [0.15, 0.2) is 0 Å². The van der Waals surface area contributed by atoms with Crippen molar-refractivity contribution in [3.63, 3.8) is 0 Å². The fraction of sp³-hybridized carbons (Fsp3) is 0.316. The molecular weight excluding hydrogens is 288 g/mol. The van der Waals surface area contributed by atoms with Crippen molar-refractivity contribution in [2.24, 2.45) is 11.7 Å². The van der Waals surface area contributed by atoms with Gasteiger partial charge in [-0.25, -0.2) is 0 Å². The number of phenols is 1. The van der Waals surface area contributed by atoms with E-state index in [2.05, 4.69) is 4.98 Å². The molecule has 1 saturated carbocycles. The average Bonchev–Trinajstić information content (AvgIpc) is 3.17. The molecule has 4 N–H and O–H groups in total. The molecule has 0 atom stereocenters. The van der Waals surface area contributed by atoms with Crippen molar-refractivity contribution in [1.29, 1.82) is 0 Å². The second kappa shape index (κ2) is 5.30. The number of nitrogens with one attached hydrogen (secondary N) is 1. The molecule has 0 aliphatic heterocycles. The van der Waals surface area contributed by atoms with Crippen molar-refractivity contribution >= 4 is 27.7 Å². The third-order valence-corrected chi connectivity index (χ3v) is 5.09. The predicted octanol–water partition coefficient (Wildman–Crippen LogP) is 3.86. The van der Waals surface area contributed by atoms with Crippen LogP contribution in [0, 0.1) is 5.92 Å². The summed E-state index contributed by atoms with van der Waals surface area (Å²) in [6.45, 7) is 0. The lowest BCUT2D eigenvalue weighted by molar-refractivity contribution is 0.100. The topological polar surface area (TPSA) is 79.1 Å². The van der Waals surface area contributed by atoms with E-state index in [1.807, 2.05) is 18.2 Å². The van der Waals surface area contributed by atoms with E-state index in [0.29, 0.717) is 16.9 Å². The number of carbonyl (C=O) groups is 1. The maximum atomic E-state index is 11.8. The Labute approximate surface area is 134 Å². The van der Waals surface area contributed by atoms with Gasteiger partial charge in [-0.1, -0.05) is 37.8 Å². The van der Waals surface area contributed by atoms with Gasteiger partial charge >= 0.3 is 0 Å². The first kappa shape index (κ1) is 14.1. The van der Waals surface area contributed by atoms with Crippen molar-refractivity contribution in [2.75, 3.05) is 0 Å². The van der Waals surface area contributed by atoms with E-state index in [1.165, 1.54) is 31.2 Å². The van der Waals surface area contributed by atoms with Crippen LogP contribution in [0.25, 0.3) is 21.8 Å². The number of H-pyrrole nitrogens is 1. The van der Waals surface area contributed by atoms with Gasteiger partial charge in [-0.15, -0.1) is 0 Å². The maximum absolute atomic E-state index is 11.8. The second-order valence-corrected chi connectivity index (χ2v) is 6.57. The molecule has 1 aliphatic carbocycles. The summed E-state index contributed by atoms with van der Waals surface area (Å²) in [4.78, 5) is 15.1. The standard InChI is InChI=1S/C19H20N2O2/c20-19(23)13-6-3-7-14-16(13)17-15(22)9-8-12(18(17)21-14)10-11-4-1-2-5-11/h3,6-9,11,21-22H,1-2,4-5,10H2,(H2,20,23). The second-order valence-electron chi connectivity index (χ2n) is 6.57. The normalized spacial score (nSPS) is 15.7. The number of hydrogen-bond acceptors (Lipinski definition) is 2. The molecule has 4 rings (SSSR count). The van der Waals surface area contributed by atoms with Gasteiger partial charge in [0.1, 0.15) is 5.75 Å². The van der Waals surface area contributed by atoms with Gasteiger partial charge in [0.25, 0.3) is 0 Å². The van der Waals surface area contributed by atoms with Crippen molar-refractivity contribution in [2.45, 2.75) is 32.1 Å². The van der Waals surface area contributed by atoms with Crippen molar-refractivity contribution < 1.29 is 9.90 Å². The van der Waals surface area contributed by atoms with Gasteiger partial charge in [-0.2, -0.15) is 0 Å². The van der Waals surface area contributed by atoms with Crippen LogP contribution in [0.5, 0.6) is 5.75 Å². The Morgan fingerprint density at radius 3 is 2.70 bits per heavy atom. The largest absolute Gasteiger partial charge is 0.507 e. The molecule has 0 bridgehead atoms. The Kier molecular flexibility index (Phi) is 3.26. The first-order valence-electron chi connectivity index (χ1n) is 8.20. The number of hydrogen-bond donors (Lipinski definition) is 3. The minimum absolute atomic E-state index is 0.190. The fourth-order valence-corrected chi connectivity index (χ4v) is 3.99. The van der Waals surface area contributed by atoms with Gasteiger partial charge < -0.3 is 15.8 Å². The fourth-order valence-electron chi connectivity index (χ4n) is 3.99. The first-order valence-corrected chi connectivity index (χ1v) is 8.20. The Morgan fingerprint density at radius 1 is 1.17 bits per heavy atom. The average molecular weight is 308 g/mol. The number of aromatic amines is 1. The lowest BCUT2D eigenvalue weighted by Gasteiger charge is -2.10. The Hall–Kier alpha value is -2.49. The van der Waals surface area contributed by atoms with Crippen LogP contribution in [-0.2, 0) is 6.42 Å². The highest BCUT2D eigenvalue weighted by Crippen LogP contribution is 2.38. The van der Waals surface area contributed by atoms with Crippen LogP contribution in [-0.4, -0.2) is 16.0 Å². The zero-order valence-corrected chi connectivity index (χ0v) is 12.9. The molecule has 0 radical (unpaired) electrons. The number of carbonyl (C=O) groups excluding carboxylic acids is 1. The van der Waals surface area contributed by atoms with Crippen LogP contribution in [0.2, 0.25) is 0 Å². The van der Waals surface area contributed by atoms with Gasteiger partial charge in [0.05, 0.1) is 10.9 Å². The van der Waals surface area contributed by atoms with Crippen molar-refractivity contribution in [1.82, 2.24) is 4.98 Å². The van der Waals surface area contributed by atoms with Gasteiger partial charge in [-0.05, 0) is 36.1 Å². The maximum Gasteiger partial charge on any atom is 0.249 e. The summed E-state index contributed by atoms with van der Waals surface area (Å²) in [6.07, 6.45) is 6.18. The van der Waals surface area contributed by atoms with E-state index >= 15 is 0 Å². The zero-order valence-electron chi connectivity index (χ0n) is 12.9. The molecule has 0 unspecified atom stereocenters. The number of nitrogens with two attached hydrogens (primary N) is 1. The molecule has 1 amide bonds. The predicted molar refractivity (Wildman–Crippen MR) is 91.6 cm³/mol. The highest BCUT2D eigenvalue weighted by molar-refractivity contribution is 6.19. The zero-order chi connectivity index (χ0) is 16.0. The molecule has 1 heterocycles. The molecule has 0 spiro atoms. The van der Waals surface area contributed by atoms with E-state index in [4.69, 9.17) is 5.73 Å². The number of amides is 1.